The quantitative estimate of drug-likeness (QED) is 0.339. The van der Waals surface area contributed by atoms with Gasteiger partial charge in [0.05, 0.1) is 18.4 Å². The Morgan fingerprint density at radius 1 is 0.781 bits per heavy atom. The molecule has 2 aromatic heterocycles. The molecule has 6 heteroatoms. The van der Waals surface area contributed by atoms with Crippen LogP contribution in [0.5, 0.6) is 11.5 Å². The number of benzene rings is 3. The summed E-state index contributed by atoms with van der Waals surface area (Å²) in [5.41, 5.74) is 9.72. The summed E-state index contributed by atoms with van der Waals surface area (Å²) in [6, 6.07) is 21.5. The molecule has 0 spiro atoms. The Balaban J connectivity index is 1.53. The number of pyridine rings is 1. The number of rotatable bonds is 5. The molecular formula is C26H18F2N2O2. The third-order valence-electron chi connectivity index (χ3n) is 5.11. The van der Waals surface area contributed by atoms with Crippen LogP contribution in [-0.4, -0.2) is 4.98 Å². The molecule has 4 nitrogen and oxygen atoms in total. The summed E-state index contributed by atoms with van der Waals surface area (Å²) in [5, 5.41) is 0.885. The van der Waals surface area contributed by atoms with E-state index < -0.39 is 0 Å². The monoisotopic (exact) mass is 428 g/mol. The number of aromatic nitrogens is 1. The van der Waals surface area contributed by atoms with Gasteiger partial charge in [-0.25, -0.2) is 8.78 Å². The van der Waals surface area contributed by atoms with Gasteiger partial charge >= 0.3 is 0 Å². The topological polar surface area (TPSA) is 61.3 Å². The van der Waals surface area contributed by atoms with Crippen LogP contribution in [0, 0.1) is 11.6 Å². The summed E-state index contributed by atoms with van der Waals surface area (Å²) in [4.78, 5) is 4.53. The predicted octanol–water partition coefficient (Wildman–Crippen LogP) is 6.69. The maximum atomic E-state index is 13.5. The highest BCUT2D eigenvalue weighted by Gasteiger charge is 2.14. The van der Waals surface area contributed by atoms with E-state index in [2.05, 4.69) is 4.98 Å². The van der Waals surface area contributed by atoms with E-state index in [1.165, 1.54) is 24.3 Å². The fourth-order valence-electron chi connectivity index (χ4n) is 3.55. The summed E-state index contributed by atoms with van der Waals surface area (Å²) in [6.45, 7) is 0.278. The first kappa shape index (κ1) is 19.9. The number of halogens is 2. The van der Waals surface area contributed by atoms with Crippen LogP contribution in [0.4, 0.5) is 8.78 Å². The molecule has 0 fully saturated rings. The molecule has 3 aromatic carbocycles. The van der Waals surface area contributed by atoms with Gasteiger partial charge in [0, 0.05) is 16.5 Å². The van der Waals surface area contributed by atoms with Gasteiger partial charge in [-0.1, -0.05) is 12.1 Å². The molecule has 0 radical (unpaired) electrons. The van der Waals surface area contributed by atoms with Crippen LogP contribution >= 0.6 is 0 Å². The van der Waals surface area contributed by atoms with Crippen molar-refractivity contribution in [2.45, 2.75) is 6.54 Å². The van der Waals surface area contributed by atoms with Crippen LogP contribution in [0.2, 0.25) is 0 Å². The normalized spacial score (nSPS) is 11.1. The van der Waals surface area contributed by atoms with Gasteiger partial charge in [-0.2, -0.15) is 0 Å². The van der Waals surface area contributed by atoms with Crippen LogP contribution in [0.25, 0.3) is 33.4 Å². The van der Waals surface area contributed by atoms with Gasteiger partial charge < -0.3 is 14.9 Å². The predicted molar refractivity (Wildman–Crippen MR) is 119 cm³/mol. The minimum absolute atomic E-state index is 0.278. The molecule has 0 atom stereocenters. The number of hydrogen-bond donors (Lipinski definition) is 1. The lowest BCUT2D eigenvalue weighted by Crippen LogP contribution is -1.92. The molecule has 2 heterocycles. The van der Waals surface area contributed by atoms with Gasteiger partial charge in [-0.05, 0) is 72.3 Å². The summed E-state index contributed by atoms with van der Waals surface area (Å²) < 4.78 is 38.2. The Hall–Kier alpha value is -4.03. The summed E-state index contributed by atoms with van der Waals surface area (Å²) in [7, 11) is 0. The number of furan rings is 1. The number of nitrogens with two attached hydrogens (primary N) is 1. The second-order valence-corrected chi connectivity index (χ2v) is 7.30. The van der Waals surface area contributed by atoms with Crippen LogP contribution in [-0.2, 0) is 6.54 Å². The number of fused-ring (bicyclic) bond motifs is 1. The minimum Gasteiger partial charge on any atom is -0.459 e. The molecule has 0 aliphatic rings. The first-order chi connectivity index (χ1) is 15.6. The van der Waals surface area contributed by atoms with Gasteiger partial charge in [0.1, 0.15) is 34.5 Å². The van der Waals surface area contributed by atoms with E-state index in [-0.39, 0.29) is 18.2 Å². The van der Waals surface area contributed by atoms with Crippen molar-refractivity contribution >= 4 is 11.0 Å². The van der Waals surface area contributed by atoms with Crippen LogP contribution in [0.3, 0.4) is 0 Å². The van der Waals surface area contributed by atoms with Gasteiger partial charge in [0.2, 0.25) is 0 Å². The highest BCUT2D eigenvalue weighted by Crippen LogP contribution is 2.36. The second kappa shape index (κ2) is 8.24. The van der Waals surface area contributed by atoms with Crippen molar-refractivity contribution in [3.63, 3.8) is 0 Å². The van der Waals surface area contributed by atoms with Crippen molar-refractivity contribution in [1.82, 2.24) is 4.98 Å². The Labute approximate surface area is 182 Å². The van der Waals surface area contributed by atoms with Crippen molar-refractivity contribution in [3.8, 4) is 33.9 Å². The molecule has 0 amide bonds. The zero-order valence-corrected chi connectivity index (χ0v) is 16.9. The zero-order chi connectivity index (χ0) is 22.1. The molecule has 5 rings (SSSR count). The van der Waals surface area contributed by atoms with Crippen LogP contribution in [0.15, 0.2) is 89.5 Å². The molecule has 0 aliphatic carbocycles. The first-order valence-electron chi connectivity index (χ1n) is 10.0. The molecule has 5 aromatic rings. The maximum Gasteiger partial charge on any atom is 0.145 e. The average molecular weight is 428 g/mol. The first-order valence-corrected chi connectivity index (χ1v) is 10.0. The van der Waals surface area contributed by atoms with Gasteiger partial charge in [0.15, 0.2) is 0 Å². The fourth-order valence-corrected chi connectivity index (χ4v) is 3.55. The van der Waals surface area contributed by atoms with E-state index in [1.54, 1.807) is 36.5 Å². The number of nitrogens with zero attached hydrogens (tertiary/aromatic N) is 1. The Bertz CT molecular complexity index is 1380. The molecule has 32 heavy (non-hydrogen) atoms. The van der Waals surface area contributed by atoms with Gasteiger partial charge in [-0.15, -0.1) is 0 Å². The highest BCUT2D eigenvalue weighted by molar-refractivity contribution is 5.96. The smallest absolute Gasteiger partial charge is 0.145 e. The Kier molecular flexibility index (Phi) is 5.13. The maximum absolute atomic E-state index is 13.5. The second-order valence-electron chi connectivity index (χ2n) is 7.30. The van der Waals surface area contributed by atoms with Crippen LogP contribution in [0.1, 0.15) is 5.76 Å². The molecule has 158 valence electrons. The van der Waals surface area contributed by atoms with E-state index in [1.807, 2.05) is 24.3 Å². The van der Waals surface area contributed by atoms with E-state index in [4.69, 9.17) is 14.9 Å². The van der Waals surface area contributed by atoms with Gasteiger partial charge in [0.25, 0.3) is 0 Å². The van der Waals surface area contributed by atoms with Crippen LogP contribution < -0.4 is 10.5 Å². The minimum atomic E-state index is -0.324. The van der Waals surface area contributed by atoms with Crippen molar-refractivity contribution in [2.75, 3.05) is 0 Å². The standard InChI is InChI=1S/C26H18F2N2O2/c27-19-3-1-16(2-4-19)24-13-17(11-18-12-23(14-29)32-26(18)24)25-10-9-22(15-30-25)31-21-7-5-20(28)6-8-21/h1-13,15H,14,29H2. The Morgan fingerprint density at radius 3 is 2.12 bits per heavy atom. The summed E-state index contributed by atoms with van der Waals surface area (Å²) in [5.74, 6) is 1.09. The molecule has 0 bridgehead atoms. The lowest BCUT2D eigenvalue weighted by atomic mass is 9.98. The number of ether oxygens (including phenoxy) is 1. The summed E-state index contributed by atoms with van der Waals surface area (Å²) >= 11 is 0. The molecule has 0 unspecified atom stereocenters. The molecule has 2 N–H and O–H groups in total. The van der Waals surface area contributed by atoms with Crippen molar-refractivity contribution < 1.29 is 17.9 Å². The third kappa shape index (κ3) is 3.96. The van der Waals surface area contributed by atoms with E-state index >= 15 is 0 Å². The summed E-state index contributed by atoms with van der Waals surface area (Å²) in [6.07, 6.45) is 1.61. The van der Waals surface area contributed by atoms with E-state index in [9.17, 15) is 8.78 Å². The molecule has 0 saturated carbocycles. The average Bonchev–Trinajstić information content (AvgIpc) is 3.24. The Morgan fingerprint density at radius 2 is 1.47 bits per heavy atom. The lowest BCUT2D eigenvalue weighted by Gasteiger charge is -2.09. The largest absolute Gasteiger partial charge is 0.459 e. The lowest BCUT2D eigenvalue weighted by molar-refractivity contribution is 0.478. The highest BCUT2D eigenvalue weighted by atomic mass is 19.1. The molecule has 0 saturated heterocycles. The third-order valence-corrected chi connectivity index (χ3v) is 5.11. The van der Waals surface area contributed by atoms with Crippen molar-refractivity contribution in [3.05, 3.63) is 102 Å². The van der Waals surface area contributed by atoms with Crippen molar-refractivity contribution in [1.29, 1.82) is 0 Å². The van der Waals surface area contributed by atoms with Gasteiger partial charge in [-0.3, -0.25) is 4.98 Å². The molecular weight excluding hydrogens is 410 g/mol. The SMILES string of the molecule is NCc1cc2cc(-c3ccc(Oc4ccc(F)cc4)cn3)cc(-c3ccc(F)cc3)c2o1. The fraction of sp³-hybridized carbons (Fsp3) is 0.0385. The number of hydrogen-bond acceptors (Lipinski definition) is 4. The van der Waals surface area contributed by atoms with E-state index in [0.717, 1.165) is 27.8 Å². The van der Waals surface area contributed by atoms with E-state index in [0.29, 0.717) is 22.8 Å². The van der Waals surface area contributed by atoms with Crippen molar-refractivity contribution in [2.24, 2.45) is 5.73 Å². The zero-order valence-electron chi connectivity index (χ0n) is 16.9. The molecule has 0 aliphatic heterocycles.